The first-order valence-electron chi connectivity index (χ1n) is 7.10. The minimum atomic E-state index is -0.485. The Morgan fingerprint density at radius 1 is 1.25 bits per heavy atom. The zero-order chi connectivity index (χ0) is 16.8. The highest BCUT2D eigenvalue weighted by Crippen LogP contribution is 2.23. The number of ether oxygens (including phenoxy) is 2. The van der Waals surface area contributed by atoms with E-state index in [2.05, 4.69) is 10.2 Å². The number of hydrogen-bond donors (Lipinski definition) is 0. The second kappa shape index (κ2) is 7.56. The third-order valence-corrected chi connectivity index (χ3v) is 3.92. The van der Waals surface area contributed by atoms with Gasteiger partial charge < -0.3 is 13.9 Å². The maximum atomic E-state index is 11.7. The van der Waals surface area contributed by atoms with Gasteiger partial charge in [0.05, 0.1) is 12.0 Å². The van der Waals surface area contributed by atoms with Gasteiger partial charge in [-0.2, -0.15) is 0 Å². The van der Waals surface area contributed by atoms with E-state index in [1.807, 2.05) is 41.8 Å². The zero-order valence-electron chi connectivity index (χ0n) is 12.8. The van der Waals surface area contributed by atoms with Crippen molar-refractivity contribution in [1.29, 1.82) is 0 Å². The van der Waals surface area contributed by atoms with Crippen LogP contribution in [-0.2, 0) is 16.1 Å². The summed E-state index contributed by atoms with van der Waals surface area (Å²) in [6.07, 6.45) is 3.00. The van der Waals surface area contributed by atoms with E-state index in [1.54, 1.807) is 13.2 Å². The highest BCUT2D eigenvalue weighted by Gasteiger charge is 2.10. The van der Waals surface area contributed by atoms with Crippen LogP contribution >= 0.6 is 11.3 Å². The molecule has 0 fully saturated rings. The van der Waals surface area contributed by atoms with Crippen molar-refractivity contribution in [3.63, 3.8) is 0 Å². The maximum Gasteiger partial charge on any atom is 0.331 e. The van der Waals surface area contributed by atoms with E-state index in [0.717, 1.165) is 16.2 Å². The largest absolute Gasteiger partial charge is 0.497 e. The predicted octanol–water partition coefficient (Wildman–Crippen LogP) is 3.56. The Labute approximate surface area is 142 Å². The molecule has 0 bridgehead atoms. The molecule has 0 atom stereocenters. The Balaban J connectivity index is 1.52. The van der Waals surface area contributed by atoms with Gasteiger partial charge in [-0.1, -0.05) is 18.2 Å². The van der Waals surface area contributed by atoms with Crippen LogP contribution in [0.15, 0.2) is 52.3 Å². The van der Waals surface area contributed by atoms with E-state index in [-0.39, 0.29) is 12.5 Å². The summed E-state index contributed by atoms with van der Waals surface area (Å²) in [5.41, 5.74) is 0.866. The van der Waals surface area contributed by atoms with Gasteiger partial charge >= 0.3 is 5.97 Å². The molecule has 24 heavy (non-hydrogen) atoms. The summed E-state index contributed by atoms with van der Waals surface area (Å²) in [5.74, 6) is 0.948. The summed E-state index contributed by atoms with van der Waals surface area (Å²) in [7, 11) is 1.60. The molecule has 3 rings (SSSR count). The Bertz CT molecular complexity index is 823. The van der Waals surface area contributed by atoms with E-state index in [9.17, 15) is 4.79 Å². The first kappa shape index (κ1) is 15.9. The molecule has 1 aromatic carbocycles. The number of thiophene rings is 1. The molecule has 2 aromatic heterocycles. The number of methoxy groups -OCH3 is 1. The number of nitrogens with zero attached hydrogens (tertiary/aromatic N) is 2. The Hall–Kier alpha value is -2.93. The fourth-order valence-corrected chi connectivity index (χ4v) is 2.52. The number of benzene rings is 1. The minimum absolute atomic E-state index is 0.0653. The van der Waals surface area contributed by atoms with E-state index >= 15 is 0 Å². The smallest absolute Gasteiger partial charge is 0.331 e. The van der Waals surface area contributed by atoms with Gasteiger partial charge in [0.15, 0.2) is 6.61 Å². The molecule has 0 N–H and O–H groups in total. The van der Waals surface area contributed by atoms with Crippen molar-refractivity contribution in [3.05, 3.63) is 59.3 Å². The number of carbonyl (C=O) groups excluding carboxylic acids is 1. The molecule has 3 aromatic rings. The fraction of sp³-hybridized carbons (Fsp3) is 0.118. The highest BCUT2D eigenvalue weighted by molar-refractivity contribution is 7.13. The predicted molar refractivity (Wildman–Crippen MR) is 89.4 cm³/mol. The van der Waals surface area contributed by atoms with E-state index in [0.29, 0.717) is 5.89 Å². The monoisotopic (exact) mass is 342 g/mol. The van der Waals surface area contributed by atoms with Crippen molar-refractivity contribution in [1.82, 2.24) is 10.2 Å². The molecule has 0 amide bonds. The number of aromatic nitrogens is 2. The van der Waals surface area contributed by atoms with Crippen molar-refractivity contribution >= 4 is 23.4 Å². The molecule has 6 nitrogen and oxygen atoms in total. The van der Waals surface area contributed by atoms with Crippen LogP contribution in [0.25, 0.3) is 16.8 Å². The molecule has 7 heteroatoms. The lowest BCUT2D eigenvalue weighted by atomic mass is 10.2. The van der Waals surface area contributed by atoms with Crippen LogP contribution in [0.5, 0.6) is 5.75 Å². The summed E-state index contributed by atoms with van der Waals surface area (Å²) < 4.78 is 15.6. The first-order chi connectivity index (χ1) is 11.7. The topological polar surface area (TPSA) is 74.5 Å². The number of carbonyl (C=O) groups is 1. The fourth-order valence-electron chi connectivity index (χ4n) is 1.87. The number of rotatable bonds is 6. The van der Waals surface area contributed by atoms with Gasteiger partial charge in [-0.15, -0.1) is 21.5 Å². The standard InChI is InChI=1S/C17H14N2O4S/c1-21-13-7-4-12(5-8-13)6-9-16(20)22-11-15-18-19-17(23-15)14-3-2-10-24-14/h2-10H,11H2,1H3/b9-6+. The lowest BCUT2D eigenvalue weighted by Crippen LogP contribution is -2.00. The van der Waals surface area contributed by atoms with Crippen LogP contribution in [-0.4, -0.2) is 23.3 Å². The van der Waals surface area contributed by atoms with E-state index in [1.165, 1.54) is 17.4 Å². The summed E-state index contributed by atoms with van der Waals surface area (Å²) in [6.45, 7) is -0.0653. The molecular weight excluding hydrogens is 328 g/mol. The molecule has 0 unspecified atom stereocenters. The number of esters is 1. The average Bonchev–Trinajstić information content (AvgIpc) is 3.29. The molecule has 0 spiro atoms. The molecule has 0 aliphatic carbocycles. The van der Waals surface area contributed by atoms with Crippen LogP contribution < -0.4 is 4.74 Å². The van der Waals surface area contributed by atoms with Crippen LogP contribution in [0.1, 0.15) is 11.5 Å². The van der Waals surface area contributed by atoms with Crippen molar-refractivity contribution < 1.29 is 18.7 Å². The second-order valence-electron chi connectivity index (χ2n) is 4.69. The van der Waals surface area contributed by atoms with Gasteiger partial charge in [-0.3, -0.25) is 0 Å². The third kappa shape index (κ3) is 4.08. The quantitative estimate of drug-likeness (QED) is 0.504. The summed E-state index contributed by atoms with van der Waals surface area (Å²) >= 11 is 1.50. The van der Waals surface area contributed by atoms with Crippen LogP contribution in [0.4, 0.5) is 0 Å². The van der Waals surface area contributed by atoms with Crippen LogP contribution in [0.3, 0.4) is 0 Å². The highest BCUT2D eigenvalue weighted by atomic mass is 32.1. The van der Waals surface area contributed by atoms with Gasteiger partial charge in [0.1, 0.15) is 5.75 Å². The van der Waals surface area contributed by atoms with Gasteiger partial charge in [0.25, 0.3) is 11.8 Å². The van der Waals surface area contributed by atoms with Gasteiger partial charge in [0.2, 0.25) is 0 Å². The molecule has 0 aliphatic heterocycles. The SMILES string of the molecule is COc1ccc(/C=C/C(=O)OCc2nnc(-c3cccs3)o2)cc1. The molecule has 0 saturated heterocycles. The van der Waals surface area contributed by atoms with Crippen molar-refractivity contribution in [2.45, 2.75) is 6.61 Å². The van der Waals surface area contributed by atoms with Crippen LogP contribution in [0.2, 0.25) is 0 Å². The molecule has 0 radical (unpaired) electrons. The minimum Gasteiger partial charge on any atom is -0.497 e. The first-order valence-corrected chi connectivity index (χ1v) is 7.98. The van der Waals surface area contributed by atoms with Crippen molar-refractivity contribution in [2.75, 3.05) is 7.11 Å². The van der Waals surface area contributed by atoms with E-state index < -0.39 is 5.97 Å². The Morgan fingerprint density at radius 2 is 2.08 bits per heavy atom. The van der Waals surface area contributed by atoms with Gasteiger partial charge in [-0.05, 0) is 35.2 Å². The zero-order valence-corrected chi connectivity index (χ0v) is 13.7. The normalized spacial score (nSPS) is 10.9. The molecule has 122 valence electrons. The van der Waals surface area contributed by atoms with Gasteiger partial charge in [0, 0.05) is 6.08 Å². The number of hydrogen-bond acceptors (Lipinski definition) is 7. The van der Waals surface area contributed by atoms with E-state index in [4.69, 9.17) is 13.9 Å². The molecule has 0 aliphatic rings. The van der Waals surface area contributed by atoms with Crippen molar-refractivity contribution in [3.8, 4) is 16.5 Å². The average molecular weight is 342 g/mol. The van der Waals surface area contributed by atoms with Gasteiger partial charge in [-0.25, -0.2) is 4.79 Å². The summed E-state index contributed by atoms with van der Waals surface area (Å²) in [4.78, 5) is 12.6. The molecule has 0 saturated carbocycles. The summed E-state index contributed by atoms with van der Waals surface area (Å²) in [5, 5.41) is 9.70. The lowest BCUT2D eigenvalue weighted by molar-refractivity contribution is -0.139. The third-order valence-electron chi connectivity index (χ3n) is 3.06. The van der Waals surface area contributed by atoms with Crippen LogP contribution in [0, 0.1) is 0 Å². The maximum absolute atomic E-state index is 11.7. The summed E-state index contributed by atoms with van der Waals surface area (Å²) in [6, 6.07) is 11.1. The van der Waals surface area contributed by atoms with Crippen molar-refractivity contribution in [2.24, 2.45) is 0 Å². The molecular formula is C17H14N2O4S. The molecule has 2 heterocycles. The lowest BCUT2D eigenvalue weighted by Gasteiger charge is -1.99. The second-order valence-corrected chi connectivity index (χ2v) is 5.64. The Morgan fingerprint density at radius 3 is 2.79 bits per heavy atom. The Kier molecular flexibility index (Phi) is 5.02.